The number of rotatable bonds is 6. The van der Waals surface area contributed by atoms with E-state index in [9.17, 15) is 24.0 Å². The number of imide groups is 2. The summed E-state index contributed by atoms with van der Waals surface area (Å²) < 4.78 is 6.18. The van der Waals surface area contributed by atoms with Crippen LogP contribution in [-0.2, 0) is 29.1 Å². The summed E-state index contributed by atoms with van der Waals surface area (Å²) in [6, 6.07) is 16.8. The first-order valence-electron chi connectivity index (χ1n) is 19.3. The number of carbonyl (C=O) groups is 5. The molecule has 0 bridgehead atoms. The van der Waals surface area contributed by atoms with Gasteiger partial charge in [0.15, 0.2) is 0 Å². The highest BCUT2D eigenvalue weighted by Crippen LogP contribution is 2.37. The number of ether oxygens (including phenoxy) is 1. The van der Waals surface area contributed by atoms with Crippen molar-refractivity contribution in [3.05, 3.63) is 92.5 Å². The Morgan fingerprint density at radius 1 is 0.709 bits per heavy atom. The number of benzene rings is 3. The summed E-state index contributed by atoms with van der Waals surface area (Å²) in [6.07, 6.45) is 6.46. The average Bonchev–Trinajstić information content (AvgIpc) is 3.65. The smallest absolute Gasteiger partial charge is 0.262 e. The zero-order valence-electron chi connectivity index (χ0n) is 30.4. The molecule has 5 heterocycles. The van der Waals surface area contributed by atoms with Gasteiger partial charge in [0.25, 0.3) is 17.7 Å². The van der Waals surface area contributed by atoms with Gasteiger partial charge in [0.1, 0.15) is 17.9 Å². The molecule has 0 spiro atoms. The molecule has 1 N–H and O–H groups in total. The third-order valence-electron chi connectivity index (χ3n) is 12.5. The Morgan fingerprint density at radius 2 is 1.45 bits per heavy atom. The molecular weight excluding hydrogens is 720 g/mol. The van der Waals surface area contributed by atoms with Crippen LogP contribution < -0.4 is 15.0 Å². The summed E-state index contributed by atoms with van der Waals surface area (Å²) in [5.74, 6) is -1.15. The number of nitrogens with one attached hydrogen (secondary N) is 1. The second-order valence-corrected chi connectivity index (χ2v) is 16.0. The molecule has 6 aliphatic rings. The van der Waals surface area contributed by atoms with Gasteiger partial charge in [0.05, 0.1) is 27.8 Å². The van der Waals surface area contributed by atoms with Gasteiger partial charge in [0, 0.05) is 68.5 Å². The number of halogens is 1. The molecular formula is C42H41ClN6O6. The highest BCUT2D eigenvalue weighted by Gasteiger charge is 2.45. The number of carbonyl (C=O) groups excluding carboxylic acids is 5. The molecule has 2 saturated heterocycles. The number of piperidine rings is 2. The van der Waals surface area contributed by atoms with E-state index in [0.29, 0.717) is 46.6 Å². The van der Waals surface area contributed by atoms with E-state index in [2.05, 4.69) is 33.3 Å². The Hall–Kier alpha value is -5.25. The van der Waals surface area contributed by atoms with E-state index in [1.54, 1.807) is 18.2 Å². The average molecular weight is 761 g/mol. The van der Waals surface area contributed by atoms with Crippen molar-refractivity contribution in [2.75, 3.05) is 24.5 Å². The molecule has 3 aromatic rings. The van der Waals surface area contributed by atoms with Gasteiger partial charge in [-0.05, 0) is 111 Å². The van der Waals surface area contributed by atoms with E-state index in [1.807, 2.05) is 23.1 Å². The van der Waals surface area contributed by atoms with Crippen molar-refractivity contribution in [2.24, 2.45) is 0 Å². The fourth-order valence-corrected chi connectivity index (χ4v) is 9.71. The fourth-order valence-electron chi connectivity index (χ4n) is 9.50. The van der Waals surface area contributed by atoms with Gasteiger partial charge < -0.3 is 14.5 Å². The molecule has 1 aliphatic carbocycles. The molecule has 1 atom stereocenters. The molecule has 55 heavy (non-hydrogen) atoms. The van der Waals surface area contributed by atoms with Crippen molar-refractivity contribution in [2.45, 2.75) is 95.1 Å². The SMILES string of the molecule is N#Cc1ccc(O[C@H]2CC[C@H](N3Cc4cc(N5CCC(N6CCc7cc8c(cc7C6)C(=O)N(C6CCC(=O)NC6=O)C8=O)CC5)ccc4C3=O)CC2)cc1Cl. The number of hydrogen-bond acceptors (Lipinski definition) is 9. The molecule has 9 rings (SSSR count). The topological polar surface area (TPSA) is 143 Å². The monoisotopic (exact) mass is 760 g/mol. The summed E-state index contributed by atoms with van der Waals surface area (Å²) in [4.78, 5) is 72.5. The number of amides is 5. The van der Waals surface area contributed by atoms with Crippen LogP contribution in [0.1, 0.15) is 105 Å². The maximum absolute atomic E-state index is 13.5. The molecule has 3 fully saturated rings. The van der Waals surface area contributed by atoms with Crippen LogP contribution in [-0.4, -0.2) is 88.1 Å². The minimum Gasteiger partial charge on any atom is -0.490 e. The second kappa shape index (κ2) is 14.1. The molecule has 1 saturated carbocycles. The molecule has 3 aromatic carbocycles. The summed E-state index contributed by atoms with van der Waals surface area (Å²) >= 11 is 6.20. The molecule has 13 heteroatoms. The lowest BCUT2D eigenvalue weighted by Crippen LogP contribution is -2.54. The third kappa shape index (κ3) is 6.43. The van der Waals surface area contributed by atoms with Gasteiger partial charge in [0.2, 0.25) is 11.8 Å². The normalized spacial score (nSPS) is 24.4. The van der Waals surface area contributed by atoms with Crippen molar-refractivity contribution in [1.29, 1.82) is 5.26 Å². The van der Waals surface area contributed by atoms with Crippen LogP contribution in [0.15, 0.2) is 48.5 Å². The maximum atomic E-state index is 13.5. The predicted octanol–water partition coefficient (Wildman–Crippen LogP) is 4.99. The zero-order chi connectivity index (χ0) is 38.0. The maximum Gasteiger partial charge on any atom is 0.262 e. The fraction of sp³-hybridized carbons (Fsp3) is 0.429. The lowest BCUT2D eigenvalue weighted by Gasteiger charge is -2.41. The first kappa shape index (κ1) is 35.5. The Bertz CT molecular complexity index is 2180. The van der Waals surface area contributed by atoms with E-state index in [-0.39, 0.29) is 36.8 Å². The van der Waals surface area contributed by atoms with E-state index in [0.717, 1.165) is 97.4 Å². The van der Waals surface area contributed by atoms with E-state index >= 15 is 0 Å². The molecule has 282 valence electrons. The van der Waals surface area contributed by atoms with E-state index in [4.69, 9.17) is 21.6 Å². The van der Waals surface area contributed by atoms with Gasteiger partial charge in [-0.25, -0.2) is 0 Å². The van der Waals surface area contributed by atoms with Crippen LogP contribution >= 0.6 is 11.6 Å². The van der Waals surface area contributed by atoms with Crippen LogP contribution in [0, 0.1) is 11.3 Å². The lowest BCUT2D eigenvalue weighted by atomic mass is 9.92. The minimum absolute atomic E-state index is 0.0444. The van der Waals surface area contributed by atoms with Gasteiger partial charge in [-0.3, -0.25) is 39.1 Å². The van der Waals surface area contributed by atoms with Crippen LogP contribution in [0.4, 0.5) is 5.69 Å². The highest BCUT2D eigenvalue weighted by molar-refractivity contribution is 6.31. The minimum atomic E-state index is -0.969. The molecule has 0 aromatic heterocycles. The van der Waals surface area contributed by atoms with Crippen LogP contribution in [0.2, 0.25) is 5.02 Å². The van der Waals surface area contributed by atoms with Crippen molar-refractivity contribution < 1.29 is 28.7 Å². The third-order valence-corrected chi connectivity index (χ3v) is 12.8. The van der Waals surface area contributed by atoms with Gasteiger partial charge >= 0.3 is 0 Å². The van der Waals surface area contributed by atoms with Crippen molar-refractivity contribution >= 4 is 46.8 Å². The summed E-state index contributed by atoms with van der Waals surface area (Å²) in [6.45, 7) is 3.98. The zero-order valence-corrected chi connectivity index (χ0v) is 31.1. The number of nitriles is 1. The lowest BCUT2D eigenvalue weighted by molar-refractivity contribution is -0.136. The van der Waals surface area contributed by atoms with Crippen LogP contribution in [0.5, 0.6) is 5.75 Å². The summed E-state index contributed by atoms with van der Waals surface area (Å²) in [7, 11) is 0. The van der Waals surface area contributed by atoms with E-state index in [1.165, 1.54) is 0 Å². The van der Waals surface area contributed by atoms with Crippen molar-refractivity contribution in [3.8, 4) is 11.8 Å². The summed E-state index contributed by atoms with van der Waals surface area (Å²) in [5, 5.41) is 11.8. The Kier molecular flexibility index (Phi) is 9.10. The summed E-state index contributed by atoms with van der Waals surface area (Å²) in [5.41, 5.74) is 6.25. The predicted molar refractivity (Wildman–Crippen MR) is 202 cm³/mol. The first-order chi connectivity index (χ1) is 26.6. The quantitative estimate of drug-likeness (QED) is 0.344. The number of fused-ring (bicyclic) bond motifs is 3. The Morgan fingerprint density at radius 3 is 2.16 bits per heavy atom. The molecule has 12 nitrogen and oxygen atoms in total. The molecule has 5 amide bonds. The van der Waals surface area contributed by atoms with Crippen molar-refractivity contribution in [3.63, 3.8) is 0 Å². The molecule has 1 unspecified atom stereocenters. The number of nitrogens with zero attached hydrogens (tertiary/aromatic N) is 5. The second-order valence-electron chi connectivity index (χ2n) is 15.6. The van der Waals surface area contributed by atoms with E-state index < -0.39 is 23.8 Å². The Labute approximate surface area is 323 Å². The van der Waals surface area contributed by atoms with Crippen LogP contribution in [0.3, 0.4) is 0 Å². The van der Waals surface area contributed by atoms with Crippen molar-refractivity contribution in [1.82, 2.24) is 20.0 Å². The van der Waals surface area contributed by atoms with Gasteiger partial charge in [-0.2, -0.15) is 5.26 Å². The largest absolute Gasteiger partial charge is 0.490 e. The first-order valence-corrected chi connectivity index (χ1v) is 19.7. The standard InChI is InChI=1S/C42H41ClN6O6/c43-36-20-32(5-1-25(36)21-44)55-31-6-2-29(3-7-31)48-23-27-17-30(4-8-33(27)40(48)52)46-15-12-28(13-16-46)47-14-11-24-18-34-35(19-26(24)22-47)42(54)49(41(34)53)37-9-10-38(50)45-39(37)51/h1,4-5,8,17-20,28-29,31,37H,2-3,6-7,9-16,22-23H2,(H,45,50,51)/t29-,31-,37?. The Balaban J connectivity index is 0.790. The molecule has 5 aliphatic heterocycles. The number of anilines is 1. The highest BCUT2D eigenvalue weighted by atomic mass is 35.5. The molecule has 0 radical (unpaired) electrons. The van der Waals surface area contributed by atoms with Gasteiger partial charge in [-0.15, -0.1) is 0 Å². The number of hydrogen-bond donors (Lipinski definition) is 1. The van der Waals surface area contributed by atoms with Gasteiger partial charge in [-0.1, -0.05) is 11.6 Å². The van der Waals surface area contributed by atoms with Crippen LogP contribution in [0.25, 0.3) is 0 Å².